The first-order valence-corrected chi connectivity index (χ1v) is 9.04. The Bertz CT molecular complexity index is 1120. The lowest BCUT2D eigenvalue weighted by molar-refractivity contribution is 0.100. The largest absolute Gasteiger partial charge is 0.375 e. The van der Waals surface area contributed by atoms with Gasteiger partial charge in [-0.2, -0.15) is 0 Å². The molecule has 7 heteroatoms. The van der Waals surface area contributed by atoms with Crippen molar-refractivity contribution in [3.05, 3.63) is 71.7 Å². The van der Waals surface area contributed by atoms with E-state index in [-0.39, 0.29) is 5.56 Å². The second kappa shape index (κ2) is 6.97. The van der Waals surface area contributed by atoms with Crippen molar-refractivity contribution < 1.29 is 4.79 Å². The van der Waals surface area contributed by atoms with Crippen LogP contribution in [0.4, 0.5) is 5.13 Å². The number of rotatable bonds is 4. The molecule has 1 amide bonds. The van der Waals surface area contributed by atoms with E-state index in [0.29, 0.717) is 16.6 Å². The molecule has 0 aliphatic rings. The molecule has 27 heavy (non-hydrogen) atoms. The standard InChI is InChI=1S/C20H15N5OS/c21-18(26)15-10-23-19(12-5-2-1-3-6-12)25-17(15)14-8-4-7-13(9-14)16-11-27-20(22)24-16/h1-11H,(H2,21,26)(H2,22,24). The summed E-state index contributed by atoms with van der Waals surface area (Å²) in [7, 11) is 0. The number of thiazole rings is 1. The van der Waals surface area contributed by atoms with Gasteiger partial charge in [-0.15, -0.1) is 11.3 Å². The number of nitrogens with two attached hydrogens (primary N) is 2. The van der Waals surface area contributed by atoms with Gasteiger partial charge in [0.15, 0.2) is 11.0 Å². The van der Waals surface area contributed by atoms with Crippen molar-refractivity contribution in [3.8, 4) is 33.9 Å². The van der Waals surface area contributed by atoms with Gasteiger partial charge in [-0.1, -0.05) is 48.5 Å². The highest BCUT2D eigenvalue weighted by Gasteiger charge is 2.16. The Hall–Kier alpha value is -3.58. The number of anilines is 1. The molecule has 0 saturated carbocycles. The van der Waals surface area contributed by atoms with Gasteiger partial charge in [0.25, 0.3) is 5.91 Å². The molecule has 0 radical (unpaired) electrons. The van der Waals surface area contributed by atoms with Gasteiger partial charge >= 0.3 is 0 Å². The van der Waals surface area contributed by atoms with E-state index >= 15 is 0 Å². The summed E-state index contributed by atoms with van der Waals surface area (Å²) in [6, 6.07) is 17.2. The molecule has 6 nitrogen and oxygen atoms in total. The molecule has 0 atom stereocenters. The number of nitrogen functional groups attached to an aromatic ring is 1. The molecule has 2 aromatic heterocycles. The fourth-order valence-electron chi connectivity index (χ4n) is 2.75. The fraction of sp³-hybridized carbons (Fsp3) is 0. The van der Waals surface area contributed by atoms with E-state index in [1.165, 1.54) is 17.5 Å². The van der Waals surface area contributed by atoms with Crippen LogP contribution in [0.3, 0.4) is 0 Å². The molecule has 4 rings (SSSR count). The topological polar surface area (TPSA) is 108 Å². The molecule has 2 heterocycles. The summed E-state index contributed by atoms with van der Waals surface area (Å²) >= 11 is 1.38. The van der Waals surface area contributed by atoms with Gasteiger partial charge in [0.2, 0.25) is 0 Å². The molecule has 4 N–H and O–H groups in total. The van der Waals surface area contributed by atoms with Crippen LogP contribution in [0.15, 0.2) is 66.2 Å². The highest BCUT2D eigenvalue weighted by Crippen LogP contribution is 2.29. The van der Waals surface area contributed by atoms with Gasteiger partial charge in [0.1, 0.15) is 0 Å². The first kappa shape index (κ1) is 16.9. The molecule has 0 unspecified atom stereocenters. The minimum atomic E-state index is -0.576. The van der Waals surface area contributed by atoms with Crippen molar-refractivity contribution in [1.82, 2.24) is 15.0 Å². The lowest BCUT2D eigenvalue weighted by atomic mass is 10.0. The molecule has 0 spiro atoms. The first-order chi connectivity index (χ1) is 13.1. The number of amides is 1. The zero-order valence-corrected chi connectivity index (χ0v) is 15.0. The maximum atomic E-state index is 11.9. The molecule has 0 aliphatic carbocycles. The monoisotopic (exact) mass is 373 g/mol. The average Bonchev–Trinajstić information content (AvgIpc) is 3.14. The van der Waals surface area contributed by atoms with Crippen LogP contribution in [0, 0.1) is 0 Å². The summed E-state index contributed by atoms with van der Waals surface area (Å²) in [5, 5.41) is 2.39. The highest BCUT2D eigenvalue weighted by atomic mass is 32.1. The van der Waals surface area contributed by atoms with E-state index in [2.05, 4.69) is 15.0 Å². The first-order valence-electron chi connectivity index (χ1n) is 8.16. The molecule has 4 aromatic rings. The molecule has 0 bridgehead atoms. The number of aromatic nitrogens is 3. The van der Waals surface area contributed by atoms with Crippen molar-refractivity contribution >= 4 is 22.4 Å². The minimum absolute atomic E-state index is 0.268. The number of primary amides is 1. The summed E-state index contributed by atoms with van der Waals surface area (Å²) in [6.07, 6.45) is 1.47. The number of nitrogens with zero attached hydrogens (tertiary/aromatic N) is 3. The Morgan fingerprint density at radius 2 is 1.67 bits per heavy atom. The Kier molecular flexibility index (Phi) is 4.35. The predicted molar refractivity (Wildman–Crippen MR) is 107 cm³/mol. The third-order valence-electron chi connectivity index (χ3n) is 4.04. The van der Waals surface area contributed by atoms with Crippen LogP contribution < -0.4 is 11.5 Å². The van der Waals surface area contributed by atoms with Gasteiger partial charge in [-0.05, 0) is 6.07 Å². The Balaban J connectivity index is 1.86. The second-order valence-electron chi connectivity index (χ2n) is 5.84. The van der Waals surface area contributed by atoms with Crippen molar-refractivity contribution in [2.24, 2.45) is 5.73 Å². The SMILES string of the molecule is NC(=O)c1cnc(-c2ccccc2)nc1-c1cccc(-c2csc(N)n2)c1. The molecule has 132 valence electrons. The number of benzene rings is 2. The van der Waals surface area contributed by atoms with Crippen LogP contribution in [0.2, 0.25) is 0 Å². The molecule has 0 aliphatic heterocycles. The smallest absolute Gasteiger partial charge is 0.252 e. The third kappa shape index (κ3) is 3.40. The summed E-state index contributed by atoms with van der Waals surface area (Å²) in [4.78, 5) is 25.1. The average molecular weight is 373 g/mol. The molecule has 2 aromatic carbocycles. The number of hydrogen-bond donors (Lipinski definition) is 2. The van der Waals surface area contributed by atoms with E-state index in [1.54, 1.807) is 0 Å². The highest BCUT2D eigenvalue weighted by molar-refractivity contribution is 7.13. The minimum Gasteiger partial charge on any atom is -0.375 e. The van der Waals surface area contributed by atoms with Gasteiger partial charge in [0, 0.05) is 28.3 Å². The zero-order valence-electron chi connectivity index (χ0n) is 14.2. The lowest BCUT2D eigenvalue weighted by Gasteiger charge is -2.09. The van der Waals surface area contributed by atoms with Crippen LogP contribution in [0.1, 0.15) is 10.4 Å². The summed E-state index contributed by atoms with van der Waals surface area (Å²) in [5.74, 6) is -0.0492. The number of carbonyl (C=O) groups excluding carboxylic acids is 1. The summed E-state index contributed by atoms with van der Waals surface area (Å²) in [6.45, 7) is 0. The van der Waals surface area contributed by atoms with Crippen LogP contribution in [0.5, 0.6) is 0 Å². The Labute approximate surface area is 159 Å². The zero-order chi connectivity index (χ0) is 18.8. The molecule has 0 fully saturated rings. The van der Waals surface area contributed by atoms with Crippen LogP contribution in [0.25, 0.3) is 33.9 Å². The van der Waals surface area contributed by atoms with Crippen LogP contribution in [-0.2, 0) is 0 Å². The van der Waals surface area contributed by atoms with Crippen molar-refractivity contribution in [2.45, 2.75) is 0 Å². The maximum absolute atomic E-state index is 11.9. The van der Waals surface area contributed by atoms with Gasteiger partial charge < -0.3 is 11.5 Å². The van der Waals surface area contributed by atoms with E-state index in [9.17, 15) is 4.79 Å². The number of hydrogen-bond acceptors (Lipinski definition) is 6. The van der Waals surface area contributed by atoms with Gasteiger partial charge in [-0.3, -0.25) is 4.79 Å². The Morgan fingerprint density at radius 3 is 2.37 bits per heavy atom. The maximum Gasteiger partial charge on any atom is 0.252 e. The van der Waals surface area contributed by atoms with E-state index in [0.717, 1.165) is 22.4 Å². The van der Waals surface area contributed by atoms with Crippen molar-refractivity contribution in [3.63, 3.8) is 0 Å². The van der Waals surface area contributed by atoms with Crippen molar-refractivity contribution in [2.75, 3.05) is 5.73 Å². The molecular weight excluding hydrogens is 358 g/mol. The summed E-state index contributed by atoms with van der Waals surface area (Å²) < 4.78 is 0. The van der Waals surface area contributed by atoms with E-state index < -0.39 is 5.91 Å². The quantitative estimate of drug-likeness (QED) is 0.568. The van der Waals surface area contributed by atoms with Gasteiger partial charge in [-0.25, -0.2) is 15.0 Å². The molecular formula is C20H15N5OS. The van der Waals surface area contributed by atoms with Crippen molar-refractivity contribution in [1.29, 1.82) is 0 Å². The van der Waals surface area contributed by atoms with Gasteiger partial charge in [0.05, 0.1) is 17.0 Å². The second-order valence-corrected chi connectivity index (χ2v) is 6.73. The number of carbonyl (C=O) groups is 1. The Morgan fingerprint density at radius 1 is 0.926 bits per heavy atom. The molecule has 0 saturated heterocycles. The normalized spacial score (nSPS) is 10.7. The van der Waals surface area contributed by atoms with E-state index in [4.69, 9.17) is 11.5 Å². The summed E-state index contributed by atoms with van der Waals surface area (Å²) in [5.41, 5.74) is 15.3. The lowest BCUT2D eigenvalue weighted by Crippen LogP contribution is -2.14. The van der Waals surface area contributed by atoms with Crippen LogP contribution in [-0.4, -0.2) is 20.9 Å². The fourth-order valence-corrected chi connectivity index (χ4v) is 3.33. The predicted octanol–water partition coefficient (Wildman–Crippen LogP) is 3.62. The van der Waals surface area contributed by atoms with Crippen LogP contribution >= 0.6 is 11.3 Å². The van der Waals surface area contributed by atoms with E-state index in [1.807, 2.05) is 60.0 Å². The third-order valence-corrected chi connectivity index (χ3v) is 4.71.